The number of para-hydroxylation sites is 2. The van der Waals surface area contributed by atoms with Crippen molar-refractivity contribution in [3.63, 3.8) is 0 Å². The van der Waals surface area contributed by atoms with Crippen molar-refractivity contribution in [2.45, 2.75) is 44.8 Å². The van der Waals surface area contributed by atoms with E-state index >= 15 is 0 Å². The highest BCUT2D eigenvalue weighted by molar-refractivity contribution is 5.93. The van der Waals surface area contributed by atoms with E-state index in [4.69, 9.17) is 29.8 Å². The van der Waals surface area contributed by atoms with Gasteiger partial charge in [-0.2, -0.15) is 0 Å². The molecule has 0 fully saturated rings. The summed E-state index contributed by atoms with van der Waals surface area (Å²) in [7, 11) is 0. The standard InChI is InChI=1S/C31H43N3O7/c1-2-40-31-24(15-18-38-20-21-39-19-17-35)25(23-10-4-3-5-11-23)22-28(41-31)30(37)33-16-9-8-14-29(36)34-27-13-7-6-12-26(27)32/h3-7,10-13,22,24-25,31,35H,2,8-9,14-21,32H2,1H3,(H,33,37)(H,34,36)/t24-,25+,31+/m1/s1. The highest BCUT2D eigenvalue weighted by Gasteiger charge is 2.37. The second-order valence-corrected chi connectivity index (χ2v) is 9.66. The number of amides is 2. The Labute approximate surface area is 242 Å². The summed E-state index contributed by atoms with van der Waals surface area (Å²) in [4.78, 5) is 25.3. The zero-order valence-electron chi connectivity index (χ0n) is 23.8. The molecule has 10 nitrogen and oxygen atoms in total. The number of aliphatic hydroxyl groups excluding tert-OH is 1. The molecule has 3 atom stereocenters. The maximum Gasteiger partial charge on any atom is 0.286 e. The Hall–Kier alpha value is -3.44. The molecule has 0 saturated heterocycles. The number of aliphatic hydroxyl groups is 1. The number of nitrogens with one attached hydrogen (secondary N) is 2. The molecule has 0 aliphatic carbocycles. The van der Waals surface area contributed by atoms with E-state index in [0.717, 1.165) is 5.56 Å². The second-order valence-electron chi connectivity index (χ2n) is 9.66. The van der Waals surface area contributed by atoms with Gasteiger partial charge in [-0.25, -0.2) is 0 Å². The predicted octanol–water partition coefficient (Wildman–Crippen LogP) is 3.59. The molecule has 1 heterocycles. The molecule has 2 aromatic rings. The van der Waals surface area contributed by atoms with E-state index in [0.29, 0.717) is 70.0 Å². The lowest BCUT2D eigenvalue weighted by atomic mass is 9.81. The van der Waals surface area contributed by atoms with Gasteiger partial charge in [0.25, 0.3) is 5.91 Å². The number of benzene rings is 2. The summed E-state index contributed by atoms with van der Waals surface area (Å²) >= 11 is 0. The number of nitrogens with two attached hydrogens (primary N) is 1. The van der Waals surface area contributed by atoms with Gasteiger partial charge in [-0.05, 0) is 50.0 Å². The van der Waals surface area contributed by atoms with Crippen LogP contribution in [0.1, 0.15) is 44.1 Å². The summed E-state index contributed by atoms with van der Waals surface area (Å²) in [5.41, 5.74) is 8.06. The molecule has 1 aliphatic rings. The van der Waals surface area contributed by atoms with Crippen molar-refractivity contribution in [2.75, 3.05) is 57.2 Å². The van der Waals surface area contributed by atoms with Gasteiger partial charge in [-0.3, -0.25) is 9.59 Å². The van der Waals surface area contributed by atoms with Crippen LogP contribution in [0, 0.1) is 5.92 Å². The minimum Gasteiger partial charge on any atom is -0.459 e. The van der Waals surface area contributed by atoms with Crippen LogP contribution in [-0.4, -0.2) is 69.4 Å². The van der Waals surface area contributed by atoms with Gasteiger partial charge < -0.3 is 40.4 Å². The minimum absolute atomic E-state index is 0.0156. The van der Waals surface area contributed by atoms with Crippen molar-refractivity contribution >= 4 is 23.2 Å². The number of unbranched alkanes of at least 4 members (excludes halogenated alkanes) is 1. The van der Waals surface area contributed by atoms with Crippen LogP contribution < -0.4 is 16.4 Å². The molecule has 0 unspecified atom stereocenters. The molecule has 2 aromatic carbocycles. The summed E-state index contributed by atoms with van der Waals surface area (Å²) in [6.45, 7) is 4.32. The second kappa shape index (κ2) is 18.1. The maximum absolute atomic E-state index is 13.1. The predicted molar refractivity (Wildman–Crippen MR) is 157 cm³/mol. The molecule has 0 radical (unpaired) electrons. The van der Waals surface area contributed by atoms with Crippen LogP contribution in [0.15, 0.2) is 66.4 Å². The Morgan fingerprint density at radius 2 is 1.71 bits per heavy atom. The molecule has 2 amide bonds. The highest BCUT2D eigenvalue weighted by Crippen LogP contribution is 2.38. The zero-order valence-corrected chi connectivity index (χ0v) is 23.8. The van der Waals surface area contributed by atoms with E-state index in [9.17, 15) is 9.59 Å². The van der Waals surface area contributed by atoms with Crippen LogP contribution in [0.4, 0.5) is 11.4 Å². The monoisotopic (exact) mass is 569 g/mol. The smallest absolute Gasteiger partial charge is 0.286 e. The van der Waals surface area contributed by atoms with Crippen molar-refractivity contribution in [3.8, 4) is 0 Å². The number of nitrogen functional groups attached to an aromatic ring is 1. The third kappa shape index (κ3) is 10.8. The molecule has 1 aliphatic heterocycles. The normalized spacial score (nSPS) is 18.3. The Bertz CT molecular complexity index is 1100. The molecule has 5 N–H and O–H groups in total. The van der Waals surface area contributed by atoms with Gasteiger partial charge in [0.05, 0.1) is 37.8 Å². The van der Waals surface area contributed by atoms with E-state index in [1.165, 1.54) is 0 Å². The molecule has 0 saturated carbocycles. The van der Waals surface area contributed by atoms with E-state index in [1.807, 2.05) is 55.5 Å². The molecule has 224 valence electrons. The third-order valence-corrected chi connectivity index (χ3v) is 6.68. The van der Waals surface area contributed by atoms with Crippen molar-refractivity contribution in [3.05, 3.63) is 72.0 Å². The summed E-state index contributed by atoms with van der Waals surface area (Å²) < 4.78 is 23.0. The Morgan fingerprint density at radius 3 is 2.44 bits per heavy atom. The third-order valence-electron chi connectivity index (χ3n) is 6.68. The van der Waals surface area contributed by atoms with Gasteiger partial charge >= 0.3 is 0 Å². The van der Waals surface area contributed by atoms with Crippen LogP contribution in [0.3, 0.4) is 0 Å². The van der Waals surface area contributed by atoms with Gasteiger partial charge in [-0.15, -0.1) is 0 Å². The Kier molecular flexibility index (Phi) is 14.2. The van der Waals surface area contributed by atoms with Crippen LogP contribution in [-0.2, 0) is 28.5 Å². The molecule has 0 bridgehead atoms. The van der Waals surface area contributed by atoms with Crippen LogP contribution in [0.5, 0.6) is 0 Å². The fourth-order valence-electron chi connectivity index (χ4n) is 4.62. The molecule has 3 rings (SSSR count). The summed E-state index contributed by atoms with van der Waals surface area (Å²) in [5.74, 6) is -0.377. The fourth-order valence-corrected chi connectivity index (χ4v) is 4.62. The summed E-state index contributed by atoms with van der Waals surface area (Å²) in [5, 5.41) is 14.5. The summed E-state index contributed by atoms with van der Waals surface area (Å²) in [6.07, 6.45) is 3.48. The van der Waals surface area contributed by atoms with Crippen molar-refractivity contribution < 1.29 is 33.6 Å². The quantitative estimate of drug-likeness (QED) is 0.158. The van der Waals surface area contributed by atoms with E-state index < -0.39 is 6.29 Å². The van der Waals surface area contributed by atoms with Crippen molar-refractivity contribution in [1.29, 1.82) is 0 Å². The first-order chi connectivity index (χ1) is 20.0. The first-order valence-electron chi connectivity index (χ1n) is 14.3. The SMILES string of the molecule is CCO[C@H]1OC(C(=O)NCCCCC(=O)Nc2ccccc2N)=C[C@@H](c2ccccc2)[C@H]1CCOCCOCCO. The van der Waals surface area contributed by atoms with Gasteiger partial charge in [-0.1, -0.05) is 42.5 Å². The lowest BCUT2D eigenvalue weighted by Gasteiger charge is -2.37. The average molecular weight is 570 g/mol. The molecule has 0 aromatic heterocycles. The topological polar surface area (TPSA) is 141 Å². The summed E-state index contributed by atoms with van der Waals surface area (Å²) in [6, 6.07) is 17.1. The number of carbonyl (C=O) groups excluding carboxylic acids is 2. The van der Waals surface area contributed by atoms with E-state index in [2.05, 4.69) is 10.6 Å². The zero-order chi connectivity index (χ0) is 29.3. The van der Waals surface area contributed by atoms with Crippen LogP contribution >= 0.6 is 0 Å². The number of anilines is 2. The lowest BCUT2D eigenvalue weighted by molar-refractivity contribution is -0.168. The minimum atomic E-state index is -0.612. The molecular weight excluding hydrogens is 526 g/mol. The van der Waals surface area contributed by atoms with E-state index in [-0.39, 0.29) is 42.6 Å². The number of rotatable bonds is 18. The van der Waals surface area contributed by atoms with Crippen LogP contribution in [0.2, 0.25) is 0 Å². The Morgan fingerprint density at radius 1 is 0.976 bits per heavy atom. The van der Waals surface area contributed by atoms with Gasteiger partial charge in [0.1, 0.15) is 0 Å². The van der Waals surface area contributed by atoms with E-state index in [1.54, 1.807) is 12.1 Å². The van der Waals surface area contributed by atoms with Crippen molar-refractivity contribution in [2.24, 2.45) is 5.92 Å². The fraction of sp³-hybridized carbons (Fsp3) is 0.484. The Balaban J connectivity index is 1.54. The van der Waals surface area contributed by atoms with Gasteiger partial charge in [0, 0.05) is 38.0 Å². The van der Waals surface area contributed by atoms with Gasteiger partial charge in [0.2, 0.25) is 12.2 Å². The largest absolute Gasteiger partial charge is 0.459 e. The highest BCUT2D eigenvalue weighted by atomic mass is 16.7. The molecule has 10 heteroatoms. The number of carbonyl (C=O) groups is 2. The van der Waals surface area contributed by atoms with Crippen LogP contribution in [0.25, 0.3) is 0 Å². The first-order valence-corrected chi connectivity index (χ1v) is 14.3. The molecule has 41 heavy (non-hydrogen) atoms. The lowest BCUT2D eigenvalue weighted by Crippen LogP contribution is -2.39. The average Bonchev–Trinajstić information content (AvgIpc) is 2.98. The number of hydrogen-bond donors (Lipinski definition) is 4. The number of allylic oxidation sites excluding steroid dienone is 1. The first kappa shape index (κ1) is 32.1. The maximum atomic E-state index is 13.1. The number of ether oxygens (including phenoxy) is 4. The molecular formula is C31H43N3O7. The van der Waals surface area contributed by atoms with Crippen molar-refractivity contribution in [1.82, 2.24) is 5.32 Å². The number of hydrogen-bond acceptors (Lipinski definition) is 8. The van der Waals surface area contributed by atoms with Gasteiger partial charge in [0.15, 0.2) is 5.76 Å². The molecule has 0 spiro atoms.